The molecule has 0 amide bonds. The molecular weight excluding hydrogens is 135 g/mol. The van der Waals surface area contributed by atoms with E-state index in [0.29, 0.717) is 6.61 Å². The van der Waals surface area contributed by atoms with E-state index in [2.05, 4.69) is 0 Å². The van der Waals surface area contributed by atoms with Crippen LogP contribution in [0.3, 0.4) is 0 Å². The molecule has 0 aromatic rings. The lowest BCUT2D eigenvalue weighted by molar-refractivity contribution is 0.0134. The summed E-state index contributed by atoms with van der Waals surface area (Å²) in [5.41, 5.74) is 0. The molecular formula is C7H13FO2. The van der Waals surface area contributed by atoms with Crippen molar-refractivity contribution >= 4 is 0 Å². The molecule has 1 saturated heterocycles. The molecule has 0 aromatic heterocycles. The maximum atomic E-state index is 11.5. The summed E-state index contributed by atoms with van der Waals surface area (Å²) in [6, 6.07) is 0. The highest BCUT2D eigenvalue weighted by atomic mass is 19.1. The van der Waals surface area contributed by atoms with Crippen LogP contribution >= 0.6 is 0 Å². The van der Waals surface area contributed by atoms with E-state index in [-0.39, 0.29) is 12.7 Å². The summed E-state index contributed by atoms with van der Waals surface area (Å²) in [4.78, 5) is 0. The molecule has 1 fully saturated rings. The van der Waals surface area contributed by atoms with Crippen LogP contribution in [0.15, 0.2) is 0 Å². The van der Waals surface area contributed by atoms with E-state index in [1.807, 2.05) is 0 Å². The molecule has 1 rings (SSSR count). The van der Waals surface area contributed by atoms with Crippen molar-refractivity contribution in [3.05, 3.63) is 0 Å². The van der Waals surface area contributed by atoms with Gasteiger partial charge in [-0.05, 0) is 12.8 Å². The van der Waals surface area contributed by atoms with Crippen LogP contribution in [0, 0.1) is 0 Å². The maximum Gasteiger partial charge on any atom is 0.113 e. The molecule has 1 aliphatic heterocycles. The highest BCUT2D eigenvalue weighted by molar-refractivity contribution is 4.62. The molecule has 0 aromatic carbocycles. The Bertz CT molecular complexity index is 81.7. The molecule has 1 aliphatic rings. The quantitative estimate of drug-likeness (QED) is 0.557. The van der Waals surface area contributed by atoms with Crippen molar-refractivity contribution in [3.63, 3.8) is 0 Å². The van der Waals surface area contributed by atoms with Gasteiger partial charge in [-0.3, -0.25) is 0 Å². The summed E-state index contributed by atoms with van der Waals surface area (Å²) in [5.74, 6) is 0. The zero-order valence-corrected chi connectivity index (χ0v) is 6.01. The number of hydrogen-bond donors (Lipinski definition) is 0. The second-order valence-electron chi connectivity index (χ2n) is 2.40. The molecule has 2 nitrogen and oxygen atoms in total. The second-order valence-corrected chi connectivity index (χ2v) is 2.40. The van der Waals surface area contributed by atoms with Gasteiger partial charge in [0.15, 0.2) is 0 Å². The van der Waals surface area contributed by atoms with Gasteiger partial charge < -0.3 is 9.47 Å². The lowest BCUT2D eigenvalue weighted by atomic mass is 10.2. The van der Waals surface area contributed by atoms with Crippen LogP contribution in [0.5, 0.6) is 0 Å². The number of alkyl halides is 1. The van der Waals surface area contributed by atoms with Crippen molar-refractivity contribution in [1.82, 2.24) is 0 Å². The van der Waals surface area contributed by atoms with Gasteiger partial charge in [-0.2, -0.15) is 0 Å². The van der Waals surface area contributed by atoms with E-state index in [4.69, 9.17) is 9.47 Å². The Morgan fingerprint density at radius 3 is 3.10 bits per heavy atom. The minimum atomic E-state index is -0.396. The number of rotatable bonds is 4. The molecule has 3 heteroatoms. The molecule has 1 atom stereocenters. The predicted molar refractivity (Wildman–Crippen MR) is 35.8 cm³/mol. The van der Waals surface area contributed by atoms with Gasteiger partial charge >= 0.3 is 0 Å². The largest absolute Gasteiger partial charge is 0.376 e. The Kier molecular flexibility index (Phi) is 3.68. The maximum absolute atomic E-state index is 11.5. The van der Waals surface area contributed by atoms with E-state index in [0.717, 1.165) is 19.4 Å². The van der Waals surface area contributed by atoms with Crippen molar-refractivity contribution in [1.29, 1.82) is 0 Å². The first-order valence-electron chi connectivity index (χ1n) is 3.69. The third kappa shape index (κ3) is 2.62. The van der Waals surface area contributed by atoms with Gasteiger partial charge in [-0.25, -0.2) is 4.39 Å². The van der Waals surface area contributed by atoms with E-state index in [9.17, 15) is 4.39 Å². The lowest BCUT2D eigenvalue weighted by Crippen LogP contribution is -2.14. The molecule has 0 aliphatic carbocycles. The minimum absolute atomic E-state index is 0.208. The summed E-state index contributed by atoms with van der Waals surface area (Å²) >= 11 is 0. The average Bonchev–Trinajstić information content (AvgIpc) is 2.41. The van der Waals surface area contributed by atoms with Gasteiger partial charge in [-0.15, -0.1) is 0 Å². The first-order chi connectivity index (χ1) is 4.93. The van der Waals surface area contributed by atoms with Crippen molar-refractivity contribution < 1.29 is 13.9 Å². The van der Waals surface area contributed by atoms with Crippen LogP contribution in [0.4, 0.5) is 4.39 Å². The zero-order chi connectivity index (χ0) is 7.23. The molecule has 0 N–H and O–H groups in total. The molecule has 0 spiro atoms. The predicted octanol–water partition coefficient (Wildman–Crippen LogP) is 1.15. The Morgan fingerprint density at radius 2 is 2.50 bits per heavy atom. The molecule has 10 heavy (non-hydrogen) atoms. The lowest BCUT2D eigenvalue weighted by Gasteiger charge is -2.07. The molecule has 60 valence electrons. The summed E-state index contributed by atoms with van der Waals surface area (Å²) in [7, 11) is 0. The standard InChI is InChI=1S/C7H13FO2/c8-3-5-9-6-7-2-1-4-10-7/h7H,1-6H2. The fourth-order valence-electron chi connectivity index (χ4n) is 1.05. The Balaban J connectivity index is 1.91. The van der Waals surface area contributed by atoms with E-state index in [1.165, 1.54) is 0 Å². The SMILES string of the molecule is FCCOCC1CCCO1. The van der Waals surface area contributed by atoms with Gasteiger partial charge in [0.25, 0.3) is 0 Å². The van der Waals surface area contributed by atoms with Gasteiger partial charge in [0.1, 0.15) is 6.67 Å². The van der Waals surface area contributed by atoms with Gasteiger partial charge in [0, 0.05) is 6.61 Å². The van der Waals surface area contributed by atoms with Crippen LogP contribution in [0.2, 0.25) is 0 Å². The smallest absolute Gasteiger partial charge is 0.113 e. The van der Waals surface area contributed by atoms with Crippen LogP contribution in [0.25, 0.3) is 0 Å². The van der Waals surface area contributed by atoms with Crippen LogP contribution in [-0.4, -0.2) is 32.6 Å². The molecule has 0 bridgehead atoms. The topological polar surface area (TPSA) is 18.5 Å². The average molecular weight is 148 g/mol. The Labute approximate surface area is 60.3 Å². The molecule has 1 unspecified atom stereocenters. The van der Waals surface area contributed by atoms with E-state index >= 15 is 0 Å². The van der Waals surface area contributed by atoms with Crippen molar-refractivity contribution in [2.75, 3.05) is 26.5 Å². The Morgan fingerprint density at radius 1 is 1.60 bits per heavy atom. The summed E-state index contributed by atoms with van der Waals surface area (Å²) < 4.78 is 21.7. The number of ether oxygens (including phenoxy) is 2. The summed E-state index contributed by atoms with van der Waals surface area (Å²) in [6.07, 6.45) is 2.40. The van der Waals surface area contributed by atoms with Gasteiger partial charge in [-0.1, -0.05) is 0 Å². The highest BCUT2D eigenvalue weighted by Crippen LogP contribution is 2.11. The van der Waals surface area contributed by atoms with E-state index < -0.39 is 6.67 Å². The van der Waals surface area contributed by atoms with Gasteiger partial charge in [0.05, 0.1) is 19.3 Å². The normalized spacial score (nSPS) is 25.5. The fourth-order valence-corrected chi connectivity index (χ4v) is 1.05. The third-order valence-electron chi connectivity index (χ3n) is 1.55. The van der Waals surface area contributed by atoms with Crippen molar-refractivity contribution in [2.45, 2.75) is 18.9 Å². The monoisotopic (exact) mass is 148 g/mol. The van der Waals surface area contributed by atoms with Gasteiger partial charge in [0.2, 0.25) is 0 Å². The summed E-state index contributed by atoms with van der Waals surface area (Å²) in [6.45, 7) is 1.21. The minimum Gasteiger partial charge on any atom is -0.376 e. The number of hydrogen-bond acceptors (Lipinski definition) is 2. The number of halogens is 1. The van der Waals surface area contributed by atoms with Crippen molar-refractivity contribution in [2.24, 2.45) is 0 Å². The molecule has 0 saturated carbocycles. The van der Waals surface area contributed by atoms with Crippen LogP contribution in [0.1, 0.15) is 12.8 Å². The third-order valence-corrected chi connectivity index (χ3v) is 1.55. The second kappa shape index (κ2) is 4.63. The highest BCUT2D eigenvalue weighted by Gasteiger charge is 2.14. The molecule has 1 heterocycles. The summed E-state index contributed by atoms with van der Waals surface area (Å²) in [5, 5.41) is 0. The van der Waals surface area contributed by atoms with E-state index in [1.54, 1.807) is 0 Å². The Hall–Kier alpha value is -0.150. The first kappa shape index (κ1) is 7.95. The fraction of sp³-hybridized carbons (Fsp3) is 1.00. The van der Waals surface area contributed by atoms with Crippen LogP contribution < -0.4 is 0 Å². The molecule has 0 radical (unpaired) electrons. The van der Waals surface area contributed by atoms with Crippen molar-refractivity contribution in [3.8, 4) is 0 Å². The zero-order valence-electron chi connectivity index (χ0n) is 6.01. The first-order valence-corrected chi connectivity index (χ1v) is 3.69. The van der Waals surface area contributed by atoms with Crippen LogP contribution in [-0.2, 0) is 9.47 Å².